The van der Waals surface area contributed by atoms with Gasteiger partial charge in [-0.2, -0.15) is 0 Å². The SMILES string of the molecule is Cc1nc(CCN2CCc3[nH]cnc3C2c2ccccn2)cs1. The molecule has 0 amide bonds. The third kappa shape index (κ3) is 2.92. The van der Waals surface area contributed by atoms with Crippen molar-refractivity contribution in [2.75, 3.05) is 13.1 Å². The van der Waals surface area contributed by atoms with Crippen LogP contribution in [0.2, 0.25) is 0 Å². The molecule has 4 heterocycles. The second kappa shape index (κ2) is 6.22. The van der Waals surface area contributed by atoms with Gasteiger partial charge in [-0.3, -0.25) is 9.88 Å². The number of rotatable bonds is 4. The van der Waals surface area contributed by atoms with Gasteiger partial charge >= 0.3 is 0 Å². The second-order valence-corrected chi connectivity index (χ2v) is 6.88. The molecular weight excluding hydrogens is 306 g/mol. The summed E-state index contributed by atoms with van der Waals surface area (Å²) in [6.45, 7) is 4.04. The normalized spacial score (nSPS) is 18.0. The maximum atomic E-state index is 4.58. The summed E-state index contributed by atoms with van der Waals surface area (Å²) >= 11 is 1.72. The summed E-state index contributed by atoms with van der Waals surface area (Å²) in [5.41, 5.74) is 4.60. The van der Waals surface area contributed by atoms with Gasteiger partial charge in [0, 0.05) is 43.2 Å². The van der Waals surface area contributed by atoms with Crippen LogP contribution in [-0.2, 0) is 12.8 Å². The monoisotopic (exact) mass is 325 g/mol. The minimum Gasteiger partial charge on any atom is -0.348 e. The summed E-state index contributed by atoms with van der Waals surface area (Å²) in [6, 6.07) is 6.23. The molecule has 1 unspecified atom stereocenters. The van der Waals surface area contributed by atoms with E-state index in [2.05, 4.69) is 43.2 Å². The summed E-state index contributed by atoms with van der Waals surface area (Å²) in [5.74, 6) is 0. The predicted molar refractivity (Wildman–Crippen MR) is 90.5 cm³/mol. The first-order valence-corrected chi connectivity index (χ1v) is 8.77. The fourth-order valence-corrected chi connectivity index (χ4v) is 3.86. The Labute approximate surface area is 139 Å². The Morgan fingerprint density at radius 3 is 3.09 bits per heavy atom. The van der Waals surface area contributed by atoms with Crippen LogP contribution in [0.3, 0.4) is 0 Å². The van der Waals surface area contributed by atoms with Crippen LogP contribution in [0.4, 0.5) is 0 Å². The lowest BCUT2D eigenvalue weighted by Gasteiger charge is -2.34. The molecule has 6 heteroatoms. The Balaban J connectivity index is 1.60. The third-order valence-corrected chi connectivity index (χ3v) is 5.14. The van der Waals surface area contributed by atoms with Crippen molar-refractivity contribution in [3.05, 3.63) is 63.9 Å². The van der Waals surface area contributed by atoms with Gasteiger partial charge in [-0.15, -0.1) is 11.3 Å². The van der Waals surface area contributed by atoms with E-state index in [9.17, 15) is 0 Å². The van der Waals surface area contributed by atoms with Crippen molar-refractivity contribution >= 4 is 11.3 Å². The lowest BCUT2D eigenvalue weighted by atomic mass is 9.99. The average molecular weight is 325 g/mol. The Kier molecular flexibility index (Phi) is 3.93. The van der Waals surface area contributed by atoms with E-state index in [0.29, 0.717) is 0 Å². The quantitative estimate of drug-likeness (QED) is 0.801. The molecule has 0 fully saturated rings. The van der Waals surface area contributed by atoms with Gasteiger partial charge in [-0.25, -0.2) is 9.97 Å². The predicted octanol–water partition coefficient (Wildman–Crippen LogP) is 2.76. The van der Waals surface area contributed by atoms with E-state index in [4.69, 9.17) is 0 Å². The molecule has 0 bridgehead atoms. The third-order valence-electron chi connectivity index (χ3n) is 4.31. The number of aromatic nitrogens is 4. The van der Waals surface area contributed by atoms with Crippen LogP contribution in [-0.4, -0.2) is 37.9 Å². The van der Waals surface area contributed by atoms with Crippen molar-refractivity contribution in [3.63, 3.8) is 0 Å². The first kappa shape index (κ1) is 14.5. The smallest absolute Gasteiger partial charge is 0.0968 e. The van der Waals surface area contributed by atoms with E-state index in [1.807, 2.05) is 18.3 Å². The lowest BCUT2D eigenvalue weighted by Crippen LogP contribution is -2.38. The topological polar surface area (TPSA) is 57.7 Å². The van der Waals surface area contributed by atoms with E-state index in [0.717, 1.165) is 42.3 Å². The molecule has 1 aliphatic heterocycles. The molecule has 1 aliphatic rings. The number of nitrogens with one attached hydrogen (secondary N) is 1. The molecule has 5 nitrogen and oxygen atoms in total. The molecule has 0 radical (unpaired) electrons. The highest BCUT2D eigenvalue weighted by atomic mass is 32.1. The highest BCUT2D eigenvalue weighted by molar-refractivity contribution is 7.09. The van der Waals surface area contributed by atoms with Crippen LogP contribution in [0.1, 0.15) is 33.8 Å². The van der Waals surface area contributed by atoms with E-state index >= 15 is 0 Å². The van der Waals surface area contributed by atoms with Crippen molar-refractivity contribution in [3.8, 4) is 0 Å². The number of pyridine rings is 1. The molecule has 3 aromatic heterocycles. The van der Waals surface area contributed by atoms with E-state index < -0.39 is 0 Å². The molecule has 23 heavy (non-hydrogen) atoms. The Hall–Kier alpha value is -2.05. The Bertz CT molecular complexity index is 779. The molecule has 0 saturated heterocycles. The van der Waals surface area contributed by atoms with Crippen LogP contribution in [0.25, 0.3) is 0 Å². The fourth-order valence-electron chi connectivity index (χ4n) is 3.21. The fraction of sp³-hybridized carbons (Fsp3) is 0.353. The van der Waals surface area contributed by atoms with Crippen LogP contribution in [0.5, 0.6) is 0 Å². The number of H-pyrrole nitrogens is 1. The number of nitrogens with zero attached hydrogens (tertiary/aromatic N) is 4. The number of hydrogen-bond donors (Lipinski definition) is 1. The van der Waals surface area contributed by atoms with Crippen molar-refractivity contribution in [1.29, 1.82) is 0 Å². The number of aromatic amines is 1. The highest BCUT2D eigenvalue weighted by Crippen LogP contribution is 2.32. The molecule has 4 rings (SSSR count). The molecule has 1 atom stereocenters. The summed E-state index contributed by atoms with van der Waals surface area (Å²) < 4.78 is 0. The molecule has 0 aliphatic carbocycles. The van der Waals surface area contributed by atoms with E-state index in [1.54, 1.807) is 17.7 Å². The van der Waals surface area contributed by atoms with Gasteiger partial charge in [0.05, 0.1) is 34.5 Å². The summed E-state index contributed by atoms with van der Waals surface area (Å²) in [4.78, 5) is 19.5. The van der Waals surface area contributed by atoms with Crippen molar-refractivity contribution in [1.82, 2.24) is 24.8 Å². The van der Waals surface area contributed by atoms with Crippen molar-refractivity contribution in [2.45, 2.75) is 25.8 Å². The standard InChI is InChI=1S/C17H19N5S/c1-12-21-13(10-23-12)5-8-22-9-6-14-16(20-11-19-14)17(22)15-4-2-3-7-18-15/h2-4,7,10-11,17H,5-6,8-9H2,1H3,(H,19,20). The van der Waals surface area contributed by atoms with Gasteiger partial charge in [0.2, 0.25) is 0 Å². The highest BCUT2D eigenvalue weighted by Gasteiger charge is 2.31. The zero-order valence-corrected chi connectivity index (χ0v) is 13.9. The second-order valence-electron chi connectivity index (χ2n) is 5.82. The van der Waals surface area contributed by atoms with Crippen molar-refractivity contribution < 1.29 is 0 Å². The van der Waals surface area contributed by atoms with Gasteiger partial charge in [0.1, 0.15) is 0 Å². The lowest BCUT2D eigenvalue weighted by molar-refractivity contribution is 0.208. The van der Waals surface area contributed by atoms with E-state index in [-0.39, 0.29) is 6.04 Å². The Morgan fingerprint density at radius 2 is 2.30 bits per heavy atom. The minimum atomic E-state index is 0.130. The summed E-state index contributed by atoms with van der Waals surface area (Å²) in [5, 5.41) is 3.30. The van der Waals surface area contributed by atoms with E-state index in [1.165, 1.54) is 11.4 Å². The molecular formula is C17H19N5S. The number of aryl methyl sites for hydroxylation is 1. The van der Waals surface area contributed by atoms with Crippen LogP contribution >= 0.6 is 11.3 Å². The molecule has 0 spiro atoms. The van der Waals surface area contributed by atoms with Gasteiger partial charge in [-0.1, -0.05) is 6.07 Å². The number of thiazole rings is 1. The van der Waals surface area contributed by atoms with Gasteiger partial charge < -0.3 is 4.98 Å². The zero-order chi connectivity index (χ0) is 15.6. The first-order chi connectivity index (χ1) is 11.3. The maximum absolute atomic E-state index is 4.58. The zero-order valence-electron chi connectivity index (χ0n) is 13.1. The van der Waals surface area contributed by atoms with Gasteiger partial charge in [-0.05, 0) is 19.1 Å². The molecule has 3 aromatic rings. The number of fused-ring (bicyclic) bond motifs is 1. The first-order valence-electron chi connectivity index (χ1n) is 7.89. The molecule has 0 aromatic carbocycles. The largest absolute Gasteiger partial charge is 0.348 e. The molecule has 1 N–H and O–H groups in total. The van der Waals surface area contributed by atoms with Crippen LogP contribution in [0, 0.1) is 6.92 Å². The van der Waals surface area contributed by atoms with Crippen LogP contribution < -0.4 is 0 Å². The number of imidazole rings is 1. The maximum Gasteiger partial charge on any atom is 0.0968 e. The average Bonchev–Trinajstić information content (AvgIpc) is 3.21. The molecule has 118 valence electrons. The summed E-state index contributed by atoms with van der Waals surface area (Å²) in [7, 11) is 0. The molecule has 0 saturated carbocycles. The summed E-state index contributed by atoms with van der Waals surface area (Å²) in [6.07, 6.45) is 5.63. The Morgan fingerprint density at radius 1 is 1.35 bits per heavy atom. The van der Waals surface area contributed by atoms with Crippen LogP contribution in [0.15, 0.2) is 36.1 Å². The number of hydrogen-bond acceptors (Lipinski definition) is 5. The van der Waals surface area contributed by atoms with Crippen molar-refractivity contribution in [2.24, 2.45) is 0 Å². The van der Waals surface area contributed by atoms with Gasteiger partial charge in [0.25, 0.3) is 0 Å². The van der Waals surface area contributed by atoms with Gasteiger partial charge in [0.15, 0.2) is 0 Å². The minimum absolute atomic E-state index is 0.130.